The molecule has 1 aliphatic heterocycles. The van der Waals surface area contributed by atoms with Crippen LogP contribution in [0.1, 0.15) is 35.2 Å². The summed E-state index contributed by atoms with van der Waals surface area (Å²) in [4.78, 5) is 28.9. The van der Waals surface area contributed by atoms with E-state index in [0.717, 1.165) is 0 Å². The largest absolute Gasteiger partial charge is 0.332 e. The first-order valence-corrected chi connectivity index (χ1v) is 9.15. The molecule has 1 aromatic carbocycles. The van der Waals surface area contributed by atoms with Crippen molar-refractivity contribution in [3.63, 3.8) is 0 Å². The third-order valence-electron chi connectivity index (χ3n) is 4.49. The molecule has 0 saturated carbocycles. The van der Waals surface area contributed by atoms with Crippen LogP contribution >= 0.6 is 28.3 Å². The monoisotopic (exact) mass is 474 g/mol. The first-order valence-electron chi connectivity index (χ1n) is 8.36. The van der Waals surface area contributed by atoms with Crippen molar-refractivity contribution in [2.45, 2.75) is 20.4 Å². The average molecular weight is 476 g/mol. The first kappa shape index (κ1) is 24.3. The van der Waals surface area contributed by atoms with E-state index in [9.17, 15) is 14.0 Å². The summed E-state index contributed by atoms with van der Waals surface area (Å²) in [6.07, 6.45) is 1.75. The molecule has 2 heterocycles. The molecule has 0 unspecified atom stereocenters. The molecule has 2 aromatic rings. The molecule has 1 aromatic heterocycles. The molecule has 0 N–H and O–H groups in total. The van der Waals surface area contributed by atoms with Gasteiger partial charge in [-0.25, -0.2) is 4.39 Å². The number of benzene rings is 1. The fourth-order valence-electron chi connectivity index (χ4n) is 3.15. The Morgan fingerprint density at radius 2 is 1.89 bits per heavy atom. The van der Waals surface area contributed by atoms with Crippen LogP contribution in [0.25, 0.3) is 0 Å². The molecule has 28 heavy (non-hydrogen) atoms. The van der Waals surface area contributed by atoms with Gasteiger partial charge >= 0.3 is 0 Å². The molecular formula is C19H25BrClFN4O2. The van der Waals surface area contributed by atoms with E-state index in [4.69, 9.17) is 0 Å². The van der Waals surface area contributed by atoms with Crippen molar-refractivity contribution in [3.05, 3.63) is 52.0 Å². The average Bonchev–Trinajstić information content (AvgIpc) is 2.93. The number of aryl methyl sites for hydroxylation is 1. The number of piperazine rings is 1. The third-order valence-corrected chi connectivity index (χ3v) is 5.07. The topological polar surface area (TPSA) is 58.4 Å². The van der Waals surface area contributed by atoms with Gasteiger partial charge in [0.2, 0.25) is 0 Å². The van der Waals surface area contributed by atoms with Crippen LogP contribution in [0.2, 0.25) is 0 Å². The maximum Gasteiger partial charge on any atom is 0.275 e. The van der Waals surface area contributed by atoms with Gasteiger partial charge in [-0.3, -0.25) is 19.2 Å². The van der Waals surface area contributed by atoms with Crippen LogP contribution < -0.4 is 0 Å². The quantitative estimate of drug-likeness (QED) is 0.636. The molecule has 6 nitrogen and oxygen atoms in total. The number of hydrogen-bond acceptors (Lipinski definition) is 4. The van der Waals surface area contributed by atoms with Gasteiger partial charge in [-0.1, -0.05) is 7.43 Å². The Morgan fingerprint density at radius 1 is 1.25 bits per heavy atom. The molecule has 1 amide bonds. The molecule has 1 aliphatic rings. The van der Waals surface area contributed by atoms with Crippen LogP contribution in [-0.2, 0) is 7.05 Å². The van der Waals surface area contributed by atoms with E-state index >= 15 is 0 Å². The lowest BCUT2D eigenvalue weighted by molar-refractivity contribution is 0.0476. The van der Waals surface area contributed by atoms with Crippen LogP contribution in [0.4, 0.5) is 4.39 Å². The van der Waals surface area contributed by atoms with Crippen molar-refractivity contribution in [1.82, 2.24) is 19.6 Å². The minimum atomic E-state index is -0.358. The van der Waals surface area contributed by atoms with E-state index in [1.54, 1.807) is 22.8 Å². The van der Waals surface area contributed by atoms with Crippen LogP contribution in [0.15, 0.2) is 34.9 Å². The molecule has 0 radical (unpaired) electrons. The van der Waals surface area contributed by atoms with Gasteiger partial charge in [0.15, 0.2) is 11.5 Å². The molecule has 0 aliphatic carbocycles. The van der Waals surface area contributed by atoms with E-state index in [1.165, 1.54) is 24.3 Å². The number of carbonyl (C=O) groups is 2. The summed E-state index contributed by atoms with van der Waals surface area (Å²) in [7, 11) is 1.77. The zero-order valence-electron chi connectivity index (χ0n) is 15.1. The zero-order chi connectivity index (χ0) is 18.8. The normalized spacial score (nSPS) is 16.9. The Morgan fingerprint density at radius 3 is 2.43 bits per heavy atom. The van der Waals surface area contributed by atoms with E-state index < -0.39 is 0 Å². The molecular weight excluding hydrogens is 451 g/mol. The molecule has 1 atom stereocenters. The highest BCUT2D eigenvalue weighted by atomic mass is 79.9. The predicted octanol–water partition coefficient (Wildman–Crippen LogP) is 3.41. The van der Waals surface area contributed by atoms with Gasteiger partial charge in [0, 0.05) is 44.5 Å². The van der Waals surface area contributed by atoms with Crippen LogP contribution in [-0.4, -0.2) is 63.5 Å². The van der Waals surface area contributed by atoms with Gasteiger partial charge in [-0.2, -0.15) is 5.10 Å². The minimum Gasteiger partial charge on any atom is -0.332 e. The number of ketones is 1. The lowest BCUT2D eigenvalue weighted by Gasteiger charge is -2.39. The molecule has 0 bridgehead atoms. The maximum atomic E-state index is 13.0. The van der Waals surface area contributed by atoms with Crippen molar-refractivity contribution in [2.75, 3.05) is 26.2 Å². The number of rotatable bonds is 4. The Bertz CT molecular complexity index is 828. The summed E-state index contributed by atoms with van der Waals surface area (Å²) in [5.41, 5.74) is 0.894. The van der Waals surface area contributed by atoms with Crippen molar-refractivity contribution >= 4 is 40.0 Å². The van der Waals surface area contributed by atoms with Gasteiger partial charge in [0.05, 0.1) is 11.0 Å². The van der Waals surface area contributed by atoms with Gasteiger partial charge in [0.1, 0.15) is 5.82 Å². The second kappa shape index (κ2) is 10.1. The Balaban J connectivity index is 0.00000196. The van der Waals surface area contributed by atoms with E-state index in [2.05, 4.69) is 21.0 Å². The first-order chi connectivity index (χ1) is 12.3. The number of halogens is 3. The predicted molar refractivity (Wildman–Crippen MR) is 113 cm³/mol. The highest BCUT2D eigenvalue weighted by Gasteiger charge is 2.31. The SMILES string of the molecule is C.C[C@H]1CN(CC(=O)c2ccc(F)cc2)CCN1C(=O)c1nn(C)cc1Br.Cl. The van der Waals surface area contributed by atoms with Crippen LogP contribution in [0.3, 0.4) is 0 Å². The smallest absolute Gasteiger partial charge is 0.275 e. The number of Topliss-reactive ketones (excluding diaryl/α,β-unsaturated/α-hetero) is 1. The summed E-state index contributed by atoms with van der Waals surface area (Å²) >= 11 is 3.37. The summed E-state index contributed by atoms with van der Waals surface area (Å²) in [5.74, 6) is -0.526. The molecule has 3 rings (SSSR count). The second-order valence-corrected chi connectivity index (χ2v) is 7.37. The zero-order valence-corrected chi connectivity index (χ0v) is 17.5. The van der Waals surface area contributed by atoms with E-state index in [1.807, 2.05) is 11.8 Å². The third kappa shape index (κ3) is 5.40. The fraction of sp³-hybridized carbons (Fsp3) is 0.421. The summed E-state index contributed by atoms with van der Waals surface area (Å²) < 4.78 is 15.2. The molecule has 0 spiro atoms. The van der Waals surface area contributed by atoms with E-state index in [-0.39, 0.29) is 49.9 Å². The number of aromatic nitrogens is 2. The van der Waals surface area contributed by atoms with Crippen molar-refractivity contribution in [3.8, 4) is 0 Å². The standard InChI is InChI=1S/C18H20BrFN4O2.CH4.ClH/c1-12-9-23(11-16(25)13-3-5-14(20)6-4-13)7-8-24(12)18(26)17-15(19)10-22(2)21-17;;/h3-6,10,12H,7-9,11H2,1-2H3;1H4;1H/t12-;;/m0../s1. The maximum absolute atomic E-state index is 13.0. The number of hydrogen-bond donors (Lipinski definition) is 0. The summed E-state index contributed by atoms with van der Waals surface area (Å²) in [6, 6.07) is 5.54. The van der Waals surface area contributed by atoms with Gasteiger partial charge in [-0.15, -0.1) is 12.4 Å². The minimum absolute atomic E-state index is 0. The molecule has 1 saturated heterocycles. The van der Waals surface area contributed by atoms with Crippen molar-refractivity contribution < 1.29 is 14.0 Å². The molecule has 154 valence electrons. The fourth-order valence-corrected chi connectivity index (χ4v) is 3.69. The highest BCUT2D eigenvalue weighted by Crippen LogP contribution is 2.20. The Labute approximate surface area is 179 Å². The van der Waals surface area contributed by atoms with Crippen LogP contribution in [0.5, 0.6) is 0 Å². The summed E-state index contributed by atoms with van der Waals surface area (Å²) in [5, 5.41) is 4.21. The van der Waals surface area contributed by atoms with Gasteiger partial charge in [-0.05, 0) is 47.1 Å². The Hall–Kier alpha value is -1.77. The molecule has 9 heteroatoms. The van der Waals surface area contributed by atoms with E-state index in [0.29, 0.717) is 35.4 Å². The summed E-state index contributed by atoms with van der Waals surface area (Å²) in [6.45, 7) is 3.95. The number of carbonyl (C=O) groups excluding carboxylic acids is 2. The molecule has 1 fully saturated rings. The number of nitrogens with zero attached hydrogens (tertiary/aromatic N) is 4. The van der Waals surface area contributed by atoms with Gasteiger partial charge < -0.3 is 4.90 Å². The highest BCUT2D eigenvalue weighted by molar-refractivity contribution is 9.10. The Kier molecular flexibility index (Phi) is 8.78. The lowest BCUT2D eigenvalue weighted by atomic mass is 10.1. The lowest BCUT2D eigenvalue weighted by Crippen LogP contribution is -2.55. The van der Waals surface area contributed by atoms with Gasteiger partial charge in [0.25, 0.3) is 5.91 Å². The van der Waals surface area contributed by atoms with Crippen molar-refractivity contribution in [1.29, 1.82) is 0 Å². The second-order valence-electron chi connectivity index (χ2n) is 6.51. The number of amides is 1. The van der Waals surface area contributed by atoms with Crippen LogP contribution in [0, 0.1) is 5.82 Å². The van der Waals surface area contributed by atoms with Crippen molar-refractivity contribution in [2.24, 2.45) is 7.05 Å².